The van der Waals surface area contributed by atoms with Crippen LogP contribution in [-0.4, -0.2) is 19.3 Å². The van der Waals surface area contributed by atoms with E-state index < -0.39 is 0 Å². The molecule has 54 valence electrons. The number of ether oxygens (including phenoxy) is 1. The molecule has 0 spiro atoms. The molecule has 1 saturated carbocycles. The Hall–Kier alpha value is -0.0800. The molecule has 0 aromatic rings. The summed E-state index contributed by atoms with van der Waals surface area (Å²) in [4.78, 5) is 0. The van der Waals surface area contributed by atoms with Crippen molar-refractivity contribution < 1.29 is 4.74 Å². The largest absolute Gasteiger partial charge is 0.380 e. The van der Waals surface area contributed by atoms with Crippen LogP contribution in [0.25, 0.3) is 0 Å². The molecule has 0 aromatic heterocycles. The van der Waals surface area contributed by atoms with Crippen molar-refractivity contribution in [3.05, 3.63) is 0 Å². The second-order valence-corrected chi connectivity index (χ2v) is 2.90. The molecule has 1 aliphatic rings. The second-order valence-electron chi connectivity index (χ2n) is 2.90. The molecule has 2 heteroatoms. The molecule has 1 fully saturated rings. The van der Waals surface area contributed by atoms with Gasteiger partial charge in [-0.05, 0) is 25.7 Å². The maximum absolute atomic E-state index is 5.66. The third-order valence-corrected chi connectivity index (χ3v) is 1.88. The monoisotopic (exact) mass is 129 g/mol. The van der Waals surface area contributed by atoms with Crippen molar-refractivity contribution in [1.29, 1.82) is 0 Å². The molecule has 0 heterocycles. The first-order chi connectivity index (χ1) is 4.25. The lowest BCUT2D eigenvalue weighted by molar-refractivity contribution is 0.0675. The minimum atomic E-state index is 0.197. The summed E-state index contributed by atoms with van der Waals surface area (Å²) in [6.07, 6.45) is 2.92. The van der Waals surface area contributed by atoms with Gasteiger partial charge >= 0.3 is 0 Å². The average molecular weight is 129 g/mol. The zero-order valence-corrected chi connectivity index (χ0v) is 6.13. The zero-order valence-electron chi connectivity index (χ0n) is 6.13. The zero-order chi connectivity index (χ0) is 6.85. The third kappa shape index (κ3) is 1.66. The van der Waals surface area contributed by atoms with Crippen LogP contribution in [0.15, 0.2) is 0 Å². The predicted octanol–water partition coefficient (Wildman–Crippen LogP) is 0.759. The maximum atomic E-state index is 5.66. The molecule has 1 rings (SSSR count). The van der Waals surface area contributed by atoms with Crippen LogP contribution >= 0.6 is 0 Å². The molecule has 9 heavy (non-hydrogen) atoms. The van der Waals surface area contributed by atoms with Crippen LogP contribution in [0.3, 0.4) is 0 Å². The van der Waals surface area contributed by atoms with Crippen LogP contribution in [0.2, 0.25) is 0 Å². The van der Waals surface area contributed by atoms with Crippen molar-refractivity contribution >= 4 is 0 Å². The number of rotatable bonds is 3. The Bertz CT molecular complexity index is 86.9. The lowest BCUT2D eigenvalue weighted by Crippen LogP contribution is -2.34. The standard InChI is InChI=1S/C7H15NO/c1-5(8)7(9-2)6-3-4-6/h5-7H,3-4,8H2,1-2H3/t5-,7+/m1/s1. The van der Waals surface area contributed by atoms with E-state index >= 15 is 0 Å². The van der Waals surface area contributed by atoms with Gasteiger partial charge in [-0.3, -0.25) is 0 Å². The molecule has 0 radical (unpaired) electrons. The fourth-order valence-corrected chi connectivity index (χ4v) is 1.26. The highest BCUT2D eigenvalue weighted by Gasteiger charge is 2.33. The average Bonchev–Trinajstić information content (AvgIpc) is 2.50. The van der Waals surface area contributed by atoms with Crippen LogP contribution in [0.4, 0.5) is 0 Å². The normalized spacial score (nSPS) is 25.7. The van der Waals surface area contributed by atoms with Crippen LogP contribution in [0, 0.1) is 5.92 Å². The molecule has 2 atom stereocenters. The number of hydrogen-bond acceptors (Lipinski definition) is 2. The highest BCUT2D eigenvalue weighted by Crippen LogP contribution is 2.34. The van der Waals surface area contributed by atoms with Gasteiger partial charge in [-0.1, -0.05) is 0 Å². The first-order valence-electron chi connectivity index (χ1n) is 3.54. The lowest BCUT2D eigenvalue weighted by Gasteiger charge is -2.17. The van der Waals surface area contributed by atoms with E-state index in [0.29, 0.717) is 6.10 Å². The van der Waals surface area contributed by atoms with Crippen LogP contribution in [0.5, 0.6) is 0 Å². The van der Waals surface area contributed by atoms with Gasteiger partial charge < -0.3 is 10.5 Å². The summed E-state index contributed by atoms with van der Waals surface area (Å²) in [7, 11) is 1.74. The molecule has 0 saturated heterocycles. The summed E-state index contributed by atoms with van der Waals surface area (Å²) >= 11 is 0. The predicted molar refractivity (Wildman–Crippen MR) is 37.2 cm³/mol. The smallest absolute Gasteiger partial charge is 0.0747 e. The molecule has 2 N–H and O–H groups in total. The first kappa shape index (κ1) is 7.03. The van der Waals surface area contributed by atoms with E-state index in [1.54, 1.807) is 7.11 Å². The fraction of sp³-hybridized carbons (Fsp3) is 1.00. The molecular formula is C7H15NO. The minimum Gasteiger partial charge on any atom is -0.380 e. The van der Waals surface area contributed by atoms with Crippen molar-refractivity contribution in [2.24, 2.45) is 11.7 Å². The van der Waals surface area contributed by atoms with Gasteiger partial charge in [0, 0.05) is 13.2 Å². The summed E-state index contributed by atoms with van der Waals surface area (Å²) in [5, 5.41) is 0. The summed E-state index contributed by atoms with van der Waals surface area (Å²) in [6, 6.07) is 0.197. The van der Waals surface area contributed by atoms with Gasteiger partial charge in [-0.2, -0.15) is 0 Å². The molecule has 0 aliphatic heterocycles. The van der Waals surface area contributed by atoms with Crippen molar-refractivity contribution in [2.45, 2.75) is 31.9 Å². The van der Waals surface area contributed by atoms with E-state index in [1.807, 2.05) is 6.92 Å². The van der Waals surface area contributed by atoms with Gasteiger partial charge in [-0.15, -0.1) is 0 Å². The Kier molecular flexibility index (Phi) is 2.09. The molecule has 0 amide bonds. The Morgan fingerprint density at radius 1 is 1.56 bits per heavy atom. The SMILES string of the molecule is CO[C@H](C1CC1)[C@@H](C)N. The van der Waals surface area contributed by atoms with Crippen molar-refractivity contribution in [3.63, 3.8) is 0 Å². The lowest BCUT2D eigenvalue weighted by atomic mass is 10.1. The van der Waals surface area contributed by atoms with E-state index in [4.69, 9.17) is 10.5 Å². The minimum absolute atomic E-state index is 0.197. The molecule has 0 unspecified atom stereocenters. The molecule has 0 aromatic carbocycles. The Morgan fingerprint density at radius 3 is 2.22 bits per heavy atom. The highest BCUT2D eigenvalue weighted by molar-refractivity contribution is 4.86. The van der Waals surface area contributed by atoms with Crippen LogP contribution < -0.4 is 5.73 Å². The molecule has 1 aliphatic carbocycles. The highest BCUT2D eigenvalue weighted by atomic mass is 16.5. The molecule has 0 bridgehead atoms. The first-order valence-corrected chi connectivity index (χ1v) is 3.54. The number of methoxy groups -OCH3 is 1. The van der Waals surface area contributed by atoms with Crippen molar-refractivity contribution in [3.8, 4) is 0 Å². The second kappa shape index (κ2) is 2.67. The quantitative estimate of drug-likeness (QED) is 0.610. The van der Waals surface area contributed by atoms with E-state index in [1.165, 1.54) is 12.8 Å². The van der Waals surface area contributed by atoms with Gasteiger partial charge in [-0.25, -0.2) is 0 Å². The van der Waals surface area contributed by atoms with E-state index in [0.717, 1.165) is 5.92 Å². The molecule has 2 nitrogen and oxygen atoms in total. The summed E-state index contributed by atoms with van der Waals surface area (Å²) in [5.74, 6) is 0.759. The maximum Gasteiger partial charge on any atom is 0.0747 e. The summed E-state index contributed by atoms with van der Waals surface area (Å²) < 4.78 is 5.21. The summed E-state index contributed by atoms with van der Waals surface area (Å²) in [5.41, 5.74) is 5.66. The van der Waals surface area contributed by atoms with Gasteiger partial charge in [0.1, 0.15) is 0 Å². The van der Waals surface area contributed by atoms with Crippen molar-refractivity contribution in [2.75, 3.05) is 7.11 Å². The Balaban J connectivity index is 2.28. The number of nitrogens with two attached hydrogens (primary N) is 1. The Morgan fingerprint density at radius 2 is 2.11 bits per heavy atom. The van der Waals surface area contributed by atoms with Gasteiger partial charge in [0.15, 0.2) is 0 Å². The fourth-order valence-electron chi connectivity index (χ4n) is 1.26. The molecular weight excluding hydrogens is 114 g/mol. The van der Waals surface area contributed by atoms with Crippen molar-refractivity contribution in [1.82, 2.24) is 0 Å². The van der Waals surface area contributed by atoms with E-state index in [9.17, 15) is 0 Å². The van der Waals surface area contributed by atoms with Crippen LogP contribution in [-0.2, 0) is 4.74 Å². The topological polar surface area (TPSA) is 35.2 Å². The van der Waals surface area contributed by atoms with E-state index in [-0.39, 0.29) is 6.04 Å². The van der Waals surface area contributed by atoms with Crippen LogP contribution in [0.1, 0.15) is 19.8 Å². The Labute approximate surface area is 56.4 Å². The van der Waals surface area contributed by atoms with Gasteiger partial charge in [0.2, 0.25) is 0 Å². The van der Waals surface area contributed by atoms with E-state index in [2.05, 4.69) is 0 Å². The van der Waals surface area contributed by atoms with Gasteiger partial charge in [0.05, 0.1) is 6.10 Å². The number of hydrogen-bond donors (Lipinski definition) is 1. The summed E-state index contributed by atoms with van der Waals surface area (Å²) in [6.45, 7) is 2.01. The third-order valence-electron chi connectivity index (χ3n) is 1.88. The van der Waals surface area contributed by atoms with Gasteiger partial charge in [0.25, 0.3) is 0 Å².